The van der Waals surface area contributed by atoms with Gasteiger partial charge >= 0.3 is 5.97 Å². The molecule has 5 heteroatoms. The Bertz CT molecular complexity index is 429. The Morgan fingerprint density at radius 2 is 2.00 bits per heavy atom. The van der Waals surface area contributed by atoms with Gasteiger partial charge in [0.25, 0.3) is 0 Å². The van der Waals surface area contributed by atoms with Crippen LogP contribution in [0.25, 0.3) is 0 Å². The first-order valence-corrected chi connectivity index (χ1v) is 6.68. The second kappa shape index (κ2) is 8.53. The van der Waals surface area contributed by atoms with E-state index in [0.29, 0.717) is 5.02 Å². The van der Waals surface area contributed by atoms with Crippen LogP contribution in [0.1, 0.15) is 38.2 Å². The molecule has 1 N–H and O–H groups in total. The van der Waals surface area contributed by atoms with Gasteiger partial charge in [-0.1, -0.05) is 48.7 Å². The molecule has 104 valence electrons. The first-order chi connectivity index (χ1) is 9.13. The molecule has 0 aliphatic rings. The molecule has 0 atom stereocenters. The van der Waals surface area contributed by atoms with Crippen LogP contribution >= 0.6 is 11.6 Å². The number of hydrogen-bond acceptors (Lipinski definition) is 3. The van der Waals surface area contributed by atoms with Crippen LogP contribution in [0.2, 0.25) is 5.02 Å². The highest BCUT2D eigenvalue weighted by Gasteiger charge is 2.05. The van der Waals surface area contributed by atoms with Crippen molar-refractivity contribution in [2.45, 2.75) is 32.6 Å². The molecule has 0 aliphatic heterocycles. The summed E-state index contributed by atoms with van der Waals surface area (Å²) in [6.45, 7) is 1.70. The SMILES string of the molecule is CCCCC/C(=N/OCC(=O)O)c1ccc(Cl)cc1. The lowest BCUT2D eigenvalue weighted by atomic mass is 10.0. The summed E-state index contributed by atoms with van der Waals surface area (Å²) in [5.74, 6) is -1.03. The van der Waals surface area contributed by atoms with Gasteiger partial charge in [0.2, 0.25) is 6.61 Å². The van der Waals surface area contributed by atoms with Gasteiger partial charge in [0.05, 0.1) is 5.71 Å². The van der Waals surface area contributed by atoms with Crippen molar-refractivity contribution in [3.05, 3.63) is 34.9 Å². The minimum atomic E-state index is -1.03. The predicted octanol–water partition coefficient (Wildman–Crippen LogP) is 3.73. The van der Waals surface area contributed by atoms with Crippen LogP contribution in [0, 0.1) is 0 Å². The molecule has 4 nitrogen and oxygen atoms in total. The average Bonchev–Trinajstić information content (AvgIpc) is 2.38. The third-order valence-electron chi connectivity index (χ3n) is 2.56. The van der Waals surface area contributed by atoms with E-state index in [9.17, 15) is 4.79 Å². The number of carboxylic acids is 1. The molecule has 0 saturated carbocycles. The van der Waals surface area contributed by atoms with Gasteiger partial charge in [-0.25, -0.2) is 4.79 Å². The normalized spacial score (nSPS) is 11.4. The molecule has 19 heavy (non-hydrogen) atoms. The van der Waals surface area contributed by atoms with Crippen LogP contribution < -0.4 is 0 Å². The van der Waals surface area contributed by atoms with Crippen molar-refractivity contribution in [3.63, 3.8) is 0 Å². The van der Waals surface area contributed by atoms with Gasteiger partial charge in [0.1, 0.15) is 0 Å². The van der Waals surface area contributed by atoms with E-state index in [1.165, 1.54) is 0 Å². The van der Waals surface area contributed by atoms with Crippen LogP contribution in [0.5, 0.6) is 0 Å². The first-order valence-electron chi connectivity index (χ1n) is 6.30. The third-order valence-corrected chi connectivity index (χ3v) is 2.81. The van der Waals surface area contributed by atoms with Crippen molar-refractivity contribution < 1.29 is 14.7 Å². The van der Waals surface area contributed by atoms with Crippen LogP contribution in [-0.2, 0) is 9.63 Å². The molecule has 1 aromatic carbocycles. The van der Waals surface area contributed by atoms with Gasteiger partial charge in [0, 0.05) is 5.02 Å². The number of benzene rings is 1. The maximum Gasteiger partial charge on any atom is 0.344 e. The number of aliphatic carboxylic acids is 1. The van der Waals surface area contributed by atoms with Gasteiger partial charge in [-0.05, 0) is 30.5 Å². The molecule has 1 rings (SSSR count). The van der Waals surface area contributed by atoms with E-state index in [2.05, 4.69) is 12.1 Å². The second-order valence-electron chi connectivity index (χ2n) is 4.17. The number of oxime groups is 1. The first kappa shape index (κ1) is 15.5. The minimum Gasteiger partial charge on any atom is -0.479 e. The molecule has 0 heterocycles. The van der Waals surface area contributed by atoms with Gasteiger partial charge in [-0.2, -0.15) is 0 Å². The zero-order valence-electron chi connectivity index (χ0n) is 10.9. The van der Waals surface area contributed by atoms with Crippen LogP contribution in [0.3, 0.4) is 0 Å². The number of hydrogen-bond donors (Lipinski definition) is 1. The number of unbranched alkanes of at least 4 members (excludes halogenated alkanes) is 2. The zero-order chi connectivity index (χ0) is 14.1. The Hall–Kier alpha value is -1.55. The van der Waals surface area contributed by atoms with Crippen molar-refractivity contribution in [1.29, 1.82) is 0 Å². The van der Waals surface area contributed by atoms with Crippen LogP contribution in [0.15, 0.2) is 29.4 Å². The third kappa shape index (κ3) is 6.25. The summed E-state index contributed by atoms with van der Waals surface area (Å²) < 4.78 is 0. The Balaban J connectivity index is 2.72. The van der Waals surface area contributed by atoms with Crippen LogP contribution in [0.4, 0.5) is 0 Å². The van der Waals surface area contributed by atoms with E-state index in [1.807, 2.05) is 12.1 Å². The fourth-order valence-corrected chi connectivity index (χ4v) is 1.72. The molecule has 0 bridgehead atoms. The fraction of sp³-hybridized carbons (Fsp3) is 0.429. The van der Waals surface area contributed by atoms with Gasteiger partial charge in [0.15, 0.2) is 0 Å². The molecular weight excluding hydrogens is 266 g/mol. The van der Waals surface area contributed by atoms with E-state index < -0.39 is 12.6 Å². The Labute approximate surface area is 118 Å². The largest absolute Gasteiger partial charge is 0.479 e. The Kier molecular flexibility index (Phi) is 6.97. The lowest BCUT2D eigenvalue weighted by molar-refractivity contribution is -0.142. The number of halogens is 1. The lowest BCUT2D eigenvalue weighted by Gasteiger charge is -2.06. The minimum absolute atomic E-state index is 0.426. The Morgan fingerprint density at radius 3 is 2.58 bits per heavy atom. The van der Waals surface area contributed by atoms with Crippen molar-refractivity contribution in [3.8, 4) is 0 Å². The highest BCUT2D eigenvalue weighted by molar-refractivity contribution is 6.30. The maximum atomic E-state index is 10.4. The summed E-state index contributed by atoms with van der Waals surface area (Å²) in [4.78, 5) is 15.2. The van der Waals surface area contributed by atoms with E-state index in [1.54, 1.807) is 12.1 Å². The van der Waals surface area contributed by atoms with E-state index >= 15 is 0 Å². The van der Waals surface area contributed by atoms with E-state index in [0.717, 1.165) is 37.0 Å². The molecule has 0 amide bonds. The molecule has 0 saturated heterocycles. The molecule has 0 aromatic heterocycles. The topological polar surface area (TPSA) is 58.9 Å². The molecule has 0 unspecified atom stereocenters. The summed E-state index contributed by atoms with van der Waals surface area (Å²) in [6, 6.07) is 7.28. The standard InChI is InChI=1S/C14H18ClNO3/c1-2-3-4-5-13(16-19-10-14(17)18)11-6-8-12(15)9-7-11/h6-9H,2-5,10H2,1H3,(H,17,18)/b16-13-. The molecule has 0 aliphatic carbocycles. The second-order valence-corrected chi connectivity index (χ2v) is 4.61. The highest BCUT2D eigenvalue weighted by Crippen LogP contribution is 2.14. The quantitative estimate of drug-likeness (QED) is 0.449. The number of nitrogens with zero attached hydrogens (tertiary/aromatic N) is 1. The van der Waals surface area contributed by atoms with Crippen molar-refractivity contribution >= 4 is 23.3 Å². The molecular formula is C14H18ClNO3. The smallest absolute Gasteiger partial charge is 0.344 e. The summed E-state index contributed by atoms with van der Waals surface area (Å²) in [7, 11) is 0. The summed E-state index contributed by atoms with van der Waals surface area (Å²) in [6.07, 6.45) is 3.97. The molecule has 0 fully saturated rings. The molecule has 0 spiro atoms. The number of carbonyl (C=O) groups is 1. The van der Waals surface area contributed by atoms with Crippen molar-refractivity contribution in [2.75, 3.05) is 6.61 Å². The molecule has 0 radical (unpaired) electrons. The fourth-order valence-electron chi connectivity index (χ4n) is 1.59. The van der Waals surface area contributed by atoms with Crippen LogP contribution in [-0.4, -0.2) is 23.4 Å². The van der Waals surface area contributed by atoms with Crippen molar-refractivity contribution in [1.82, 2.24) is 0 Å². The lowest BCUT2D eigenvalue weighted by Crippen LogP contribution is -2.07. The summed E-state index contributed by atoms with van der Waals surface area (Å²) >= 11 is 5.84. The zero-order valence-corrected chi connectivity index (χ0v) is 11.7. The van der Waals surface area contributed by atoms with E-state index in [-0.39, 0.29) is 0 Å². The number of carboxylic acid groups (broad SMARTS) is 1. The van der Waals surface area contributed by atoms with Gasteiger partial charge in [-0.15, -0.1) is 0 Å². The summed E-state index contributed by atoms with van der Waals surface area (Å²) in [5, 5.41) is 13.1. The summed E-state index contributed by atoms with van der Waals surface area (Å²) in [5.41, 5.74) is 1.66. The van der Waals surface area contributed by atoms with E-state index in [4.69, 9.17) is 21.5 Å². The molecule has 1 aromatic rings. The van der Waals surface area contributed by atoms with Gasteiger partial charge in [-0.3, -0.25) is 0 Å². The highest BCUT2D eigenvalue weighted by atomic mass is 35.5. The maximum absolute atomic E-state index is 10.4. The van der Waals surface area contributed by atoms with Crippen molar-refractivity contribution in [2.24, 2.45) is 5.16 Å². The monoisotopic (exact) mass is 283 g/mol. The predicted molar refractivity (Wildman–Crippen MR) is 75.7 cm³/mol. The number of rotatable bonds is 8. The Morgan fingerprint density at radius 1 is 1.32 bits per heavy atom. The van der Waals surface area contributed by atoms with Gasteiger partial charge < -0.3 is 9.94 Å². The average molecular weight is 284 g/mol.